The number of ketones is 1. The molecule has 2 N–H and O–H groups in total. The fourth-order valence-corrected chi connectivity index (χ4v) is 1.79. The van der Waals surface area contributed by atoms with Gasteiger partial charge < -0.3 is 10.5 Å². The molecular weight excluding hydrogens is 254 g/mol. The summed E-state index contributed by atoms with van der Waals surface area (Å²) in [6.45, 7) is 4.06. The van der Waals surface area contributed by atoms with Gasteiger partial charge in [-0.05, 0) is 18.4 Å². The van der Waals surface area contributed by atoms with Gasteiger partial charge in [-0.1, -0.05) is 44.2 Å². The van der Waals surface area contributed by atoms with Crippen LogP contribution in [0.5, 0.6) is 0 Å². The van der Waals surface area contributed by atoms with Crippen LogP contribution in [0.25, 0.3) is 0 Å². The smallest absolute Gasteiger partial charge is 0.306 e. The summed E-state index contributed by atoms with van der Waals surface area (Å²) in [6.07, 6.45) is 1.29. The number of benzene rings is 1. The van der Waals surface area contributed by atoms with Crippen molar-refractivity contribution in [2.24, 2.45) is 11.7 Å². The average Bonchev–Trinajstić information content (AvgIpc) is 2.49. The summed E-state index contributed by atoms with van der Waals surface area (Å²) in [7, 11) is 0. The molecule has 0 saturated heterocycles. The zero-order valence-electron chi connectivity index (χ0n) is 12.2. The van der Waals surface area contributed by atoms with E-state index in [0.717, 1.165) is 12.0 Å². The Morgan fingerprint density at radius 3 is 2.50 bits per heavy atom. The van der Waals surface area contributed by atoms with Crippen molar-refractivity contribution >= 4 is 11.8 Å². The maximum atomic E-state index is 11.8. The molecule has 0 heterocycles. The number of hydrogen-bond acceptors (Lipinski definition) is 4. The van der Waals surface area contributed by atoms with Gasteiger partial charge in [0.25, 0.3) is 0 Å². The van der Waals surface area contributed by atoms with Crippen LogP contribution in [-0.4, -0.2) is 17.8 Å². The maximum absolute atomic E-state index is 11.8. The van der Waals surface area contributed by atoms with E-state index in [0.29, 0.717) is 6.42 Å². The molecule has 0 bridgehead atoms. The van der Waals surface area contributed by atoms with E-state index in [1.807, 2.05) is 44.2 Å². The molecule has 1 unspecified atom stereocenters. The Bertz CT molecular complexity index is 431. The highest BCUT2D eigenvalue weighted by molar-refractivity contribution is 5.86. The molecular formula is C16H23NO3. The van der Waals surface area contributed by atoms with Crippen molar-refractivity contribution in [1.82, 2.24) is 0 Å². The Balaban J connectivity index is 2.28. The van der Waals surface area contributed by atoms with E-state index in [-0.39, 0.29) is 30.7 Å². The van der Waals surface area contributed by atoms with E-state index < -0.39 is 6.04 Å². The van der Waals surface area contributed by atoms with Gasteiger partial charge >= 0.3 is 5.97 Å². The van der Waals surface area contributed by atoms with Crippen LogP contribution in [-0.2, 0) is 20.9 Å². The molecule has 1 rings (SSSR count). The molecule has 0 radical (unpaired) electrons. The maximum Gasteiger partial charge on any atom is 0.306 e. The van der Waals surface area contributed by atoms with Gasteiger partial charge in [-0.15, -0.1) is 0 Å². The molecule has 110 valence electrons. The van der Waals surface area contributed by atoms with Crippen LogP contribution in [0, 0.1) is 5.92 Å². The minimum Gasteiger partial charge on any atom is -0.461 e. The van der Waals surface area contributed by atoms with Gasteiger partial charge in [-0.2, -0.15) is 0 Å². The number of nitrogens with two attached hydrogens (primary N) is 1. The summed E-state index contributed by atoms with van der Waals surface area (Å²) in [5.41, 5.74) is 6.74. The first-order valence-electron chi connectivity index (χ1n) is 7.03. The third-order valence-electron chi connectivity index (χ3n) is 3.37. The fourth-order valence-electron chi connectivity index (χ4n) is 1.79. The lowest BCUT2D eigenvalue weighted by Gasteiger charge is -2.14. The van der Waals surface area contributed by atoms with Crippen molar-refractivity contribution < 1.29 is 14.3 Å². The molecule has 0 amide bonds. The predicted octanol–water partition coefficient (Wildman–Crippen LogP) is 2.45. The Hall–Kier alpha value is -1.68. The second-order valence-corrected chi connectivity index (χ2v) is 5.00. The lowest BCUT2D eigenvalue weighted by Crippen LogP contribution is -2.35. The van der Waals surface area contributed by atoms with Crippen LogP contribution in [0.2, 0.25) is 0 Å². The van der Waals surface area contributed by atoms with Crippen molar-refractivity contribution in [3.05, 3.63) is 35.9 Å². The first kappa shape index (κ1) is 16.4. The normalized spacial score (nSPS) is 13.6. The number of hydrogen-bond donors (Lipinski definition) is 1. The van der Waals surface area contributed by atoms with Crippen LogP contribution in [0.15, 0.2) is 30.3 Å². The zero-order valence-corrected chi connectivity index (χ0v) is 12.2. The van der Waals surface area contributed by atoms with Gasteiger partial charge in [0.1, 0.15) is 6.61 Å². The summed E-state index contributed by atoms with van der Waals surface area (Å²) >= 11 is 0. The Morgan fingerprint density at radius 1 is 1.25 bits per heavy atom. The molecule has 0 fully saturated rings. The molecule has 0 saturated carbocycles. The summed E-state index contributed by atoms with van der Waals surface area (Å²) in [5, 5.41) is 0. The number of Topliss-reactive ketones (excluding diaryl/α,β-unsaturated/α-hetero) is 1. The van der Waals surface area contributed by atoms with Crippen molar-refractivity contribution in [2.75, 3.05) is 0 Å². The highest BCUT2D eigenvalue weighted by Gasteiger charge is 2.20. The summed E-state index contributed by atoms with van der Waals surface area (Å²) in [5.74, 6) is -0.352. The van der Waals surface area contributed by atoms with Crippen LogP contribution in [0.4, 0.5) is 0 Å². The zero-order chi connectivity index (χ0) is 15.0. The minimum absolute atomic E-state index is 0.0170. The third-order valence-corrected chi connectivity index (χ3v) is 3.37. The Kier molecular flexibility index (Phi) is 6.94. The van der Waals surface area contributed by atoms with Crippen molar-refractivity contribution in [3.8, 4) is 0 Å². The van der Waals surface area contributed by atoms with Crippen LogP contribution in [0.3, 0.4) is 0 Å². The highest BCUT2D eigenvalue weighted by atomic mass is 16.5. The molecule has 4 heteroatoms. The molecule has 0 aliphatic rings. The van der Waals surface area contributed by atoms with Gasteiger partial charge in [0, 0.05) is 12.3 Å². The van der Waals surface area contributed by atoms with Crippen molar-refractivity contribution in [1.29, 1.82) is 0 Å². The molecule has 4 nitrogen and oxygen atoms in total. The number of esters is 1. The molecule has 2 atom stereocenters. The Morgan fingerprint density at radius 2 is 1.90 bits per heavy atom. The highest BCUT2D eigenvalue weighted by Crippen LogP contribution is 2.09. The lowest BCUT2D eigenvalue weighted by molar-refractivity contribution is -0.145. The van der Waals surface area contributed by atoms with Crippen molar-refractivity contribution in [3.63, 3.8) is 0 Å². The molecule has 0 aromatic heterocycles. The van der Waals surface area contributed by atoms with E-state index in [9.17, 15) is 9.59 Å². The average molecular weight is 277 g/mol. The van der Waals surface area contributed by atoms with E-state index in [2.05, 4.69) is 0 Å². The second-order valence-electron chi connectivity index (χ2n) is 5.00. The van der Waals surface area contributed by atoms with Crippen molar-refractivity contribution in [2.45, 2.75) is 45.8 Å². The van der Waals surface area contributed by atoms with Gasteiger partial charge in [-0.25, -0.2) is 0 Å². The predicted molar refractivity (Wildman–Crippen MR) is 77.9 cm³/mol. The van der Waals surface area contributed by atoms with Crippen LogP contribution >= 0.6 is 0 Å². The van der Waals surface area contributed by atoms with Crippen LogP contribution in [0.1, 0.15) is 38.7 Å². The molecule has 1 aromatic rings. The number of rotatable bonds is 8. The third kappa shape index (κ3) is 5.53. The summed E-state index contributed by atoms with van der Waals surface area (Å²) < 4.78 is 5.14. The SMILES string of the molecule is CCC(C)C(=O)[C@H](N)CCC(=O)OCc1ccccc1. The summed E-state index contributed by atoms with van der Waals surface area (Å²) in [6, 6.07) is 8.91. The van der Waals surface area contributed by atoms with Gasteiger partial charge in [0.15, 0.2) is 5.78 Å². The molecule has 0 spiro atoms. The van der Waals surface area contributed by atoms with E-state index in [1.54, 1.807) is 0 Å². The second kappa shape index (κ2) is 8.48. The molecule has 0 aliphatic carbocycles. The van der Waals surface area contributed by atoms with E-state index in [4.69, 9.17) is 10.5 Å². The first-order chi connectivity index (χ1) is 9.54. The van der Waals surface area contributed by atoms with Crippen LogP contribution < -0.4 is 5.73 Å². The topological polar surface area (TPSA) is 69.4 Å². The van der Waals surface area contributed by atoms with Gasteiger partial charge in [0.05, 0.1) is 6.04 Å². The summed E-state index contributed by atoms with van der Waals surface area (Å²) in [4.78, 5) is 23.4. The number of carbonyl (C=O) groups excluding carboxylic acids is 2. The van der Waals surface area contributed by atoms with Gasteiger partial charge in [-0.3, -0.25) is 9.59 Å². The molecule has 20 heavy (non-hydrogen) atoms. The Labute approximate surface area is 120 Å². The van der Waals surface area contributed by atoms with Gasteiger partial charge in [0.2, 0.25) is 0 Å². The first-order valence-corrected chi connectivity index (χ1v) is 7.03. The van der Waals surface area contributed by atoms with E-state index >= 15 is 0 Å². The largest absolute Gasteiger partial charge is 0.461 e. The fraction of sp³-hybridized carbons (Fsp3) is 0.500. The quantitative estimate of drug-likeness (QED) is 0.741. The monoisotopic (exact) mass is 277 g/mol. The number of ether oxygens (including phenoxy) is 1. The number of carbonyl (C=O) groups is 2. The standard InChI is InChI=1S/C16H23NO3/c1-3-12(2)16(19)14(17)9-10-15(18)20-11-13-7-5-4-6-8-13/h4-8,12,14H,3,9-11,17H2,1-2H3/t12?,14-/m1/s1. The molecule has 1 aromatic carbocycles. The minimum atomic E-state index is -0.575. The molecule has 0 aliphatic heterocycles. The lowest BCUT2D eigenvalue weighted by atomic mass is 9.95. The van der Waals surface area contributed by atoms with E-state index in [1.165, 1.54) is 0 Å².